The number of hydrogen-bond acceptors (Lipinski definition) is 4. The summed E-state index contributed by atoms with van der Waals surface area (Å²) in [7, 11) is -3.09. The van der Waals surface area contributed by atoms with E-state index >= 15 is 0 Å². The van der Waals surface area contributed by atoms with Crippen molar-refractivity contribution in [1.29, 1.82) is 0 Å². The number of nitrogens with one attached hydrogen (secondary N) is 2. The van der Waals surface area contributed by atoms with E-state index in [1.807, 2.05) is 13.8 Å². The van der Waals surface area contributed by atoms with E-state index in [-0.39, 0.29) is 42.2 Å². The number of rotatable bonds is 10. The van der Waals surface area contributed by atoms with Gasteiger partial charge in [-0.1, -0.05) is 20.8 Å². The van der Waals surface area contributed by atoms with Crippen molar-refractivity contribution in [2.24, 2.45) is 5.92 Å². The molecule has 0 aliphatic carbocycles. The van der Waals surface area contributed by atoms with Crippen LogP contribution in [-0.4, -0.2) is 45.5 Å². The van der Waals surface area contributed by atoms with E-state index in [2.05, 4.69) is 17.6 Å². The van der Waals surface area contributed by atoms with Gasteiger partial charge in [0, 0.05) is 19.5 Å². The zero-order valence-corrected chi connectivity index (χ0v) is 13.7. The number of sulfone groups is 1. The predicted molar refractivity (Wildman–Crippen MR) is 81.5 cm³/mol. The Bertz CT molecular complexity index is 332. The van der Waals surface area contributed by atoms with Gasteiger partial charge in [-0.15, -0.1) is 12.4 Å². The normalized spacial score (nSPS) is 11.2. The fourth-order valence-corrected chi connectivity index (χ4v) is 3.20. The minimum atomic E-state index is -3.09. The Morgan fingerprint density at radius 1 is 1.16 bits per heavy atom. The maximum Gasteiger partial charge on any atom is 0.221 e. The molecule has 0 bridgehead atoms. The number of hydrogen-bond donors (Lipinski definition) is 2. The molecule has 2 N–H and O–H groups in total. The van der Waals surface area contributed by atoms with Crippen molar-refractivity contribution in [2.45, 2.75) is 33.6 Å². The van der Waals surface area contributed by atoms with Crippen LogP contribution in [0.25, 0.3) is 0 Å². The maximum absolute atomic E-state index is 11.6. The first-order valence-corrected chi connectivity index (χ1v) is 8.37. The molecular weight excluding hydrogens is 288 g/mol. The monoisotopic (exact) mass is 314 g/mol. The van der Waals surface area contributed by atoms with Crippen LogP contribution in [0.5, 0.6) is 0 Å². The Morgan fingerprint density at radius 2 is 1.79 bits per heavy atom. The van der Waals surface area contributed by atoms with Gasteiger partial charge in [-0.2, -0.15) is 0 Å². The van der Waals surface area contributed by atoms with Gasteiger partial charge < -0.3 is 10.6 Å². The summed E-state index contributed by atoms with van der Waals surface area (Å²) in [6, 6.07) is 0. The summed E-state index contributed by atoms with van der Waals surface area (Å²) < 4.78 is 23.1. The average molecular weight is 315 g/mol. The minimum Gasteiger partial charge on any atom is -0.355 e. The van der Waals surface area contributed by atoms with Crippen LogP contribution in [0.15, 0.2) is 0 Å². The van der Waals surface area contributed by atoms with Gasteiger partial charge in [0.2, 0.25) is 5.91 Å². The van der Waals surface area contributed by atoms with Gasteiger partial charge >= 0.3 is 0 Å². The van der Waals surface area contributed by atoms with Crippen LogP contribution in [0.3, 0.4) is 0 Å². The van der Waals surface area contributed by atoms with Crippen LogP contribution in [0, 0.1) is 5.92 Å². The Hall–Kier alpha value is -0.330. The zero-order chi connectivity index (χ0) is 14.0. The summed E-state index contributed by atoms with van der Waals surface area (Å²) in [5.41, 5.74) is 0. The third kappa shape index (κ3) is 13.9. The van der Waals surface area contributed by atoms with Gasteiger partial charge in [-0.05, 0) is 18.9 Å². The van der Waals surface area contributed by atoms with Gasteiger partial charge in [0.1, 0.15) is 0 Å². The number of amides is 1. The molecule has 5 nitrogen and oxygen atoms in total. The standard InChI is InChI=1S/C12H26N2O3S.ClH/c1-4-6-13-7-8-14-12(15)5-9-18(16,17)10-11(2)3;/h11,13H,4-10H2,1-3H3,(H,14,15);1H. The highest BCUT2D eigenvalue weighted by Gasteiger charge is 2.15. The first-order chi connectivity index (χ1) is 8.37. The lowest BCUT2D eigenvalue weighted by atomic mass is 10.3. The molecule has 0 aliphatic heterocycles. The molecule has 1 amide bonds. The molecule has 0 fully saturated rings. The second-order valence-corrected chi connectivity index (χ2v) is 7.09. The van der Waals surface area contributed by atoms with Crippen molar-refractivity contribution in [3.8, 4) is 0 Å². The smallest absolute Gasteiger partial charge is 0.221 e. The van der Waals surface area contributed by atoms with Crippen LogP contribution < -0.4 is 10.6 Å². The molecule has 0 aromatic rings. The molecule has 0 radical (unpaired) electrons. The molecule has 19 heavy (non-hydrogen) atoms. The molecule has 0 unspecified atom stereocenters. The van der Waals surface area contributed by atoms with Crippen molar-refractivity contribution in [3.63, 3.8) is 0 Å². The minimum absolute atomic E-state index is 0. The highest BCUT2D eigenvalue weighted by molar-refractivity contribution is 7.91. The van der Waals surface area contributed by atoms with E-state index in [9.17, 15) is 13.2 Å². The molecule has 0 saturated heterocycles. The summed E-state index contributed by atoms with van der Waals surface area (Å²) in [5, 5.41) is 5.86. The number of halogens is 1. The Labute approximate surface area is 123 Å². The van der Waals surface area contributed by atoms with Crippen molar-refractivity contribution in [2.75, 3.05) is 31.1 Å². The molecule has 0 saturated carbocycles. The maximum atomic E-state index is 11.6. The van der Waals surface area contributed by atoms with Crippen LogP contribution in [0.2, 0.25) is 0 Å². The van der Waals surface area contributed by atoms with Crippen LogP contribution in [0.1, 0.15) is 33.6 Å². The summed E-state index contributed by atoms with van der Waals surface area (Å²) >= 11 is 0. The van der Waals surface area contributed by atoms with Gasteiger partial charge in [0.05, 0.1) is 11.5 Å². The Kier molecular flexibility index (Phi) is 12.7. The van der Waals surface area contributed by atoms with Gasteiger partial charge in [0.15, 0.2) is 9.84 Å². The molecule has 0 atom stereocenters. The van der Waals surface area contributed by atoms with E-state index in [4.69, 9.17) is 0 Å². The van der Waals surface area contributed by atoms with E-state index < -0.39 is 9.84 Å². The first-order valence-electron chi connectivity index (χ1n) is 6.55. The summed E-state index contributed by atoms with van der Waals surface area (Å²) in [6.07, 6.45) is 1.12. The summed E-state index contributed by atoms with van der Waals surface area (Å²) in [5.74, 6) is 0.00881. The van der Waals surface area contributed by atoms with Crippen molar-refractivity contribution in [1.82, 2.24) is 10.6 Å². The predicted octanol–water partition coefficient (Wildman–Crippen LogP) is 0.985. The molecule has 0 aromatic heterocycles. The summed E-state index contributed by atoms with van der Waals surface area (Å²) in [4.78, 5) is 11.4. The molecule has 0 aromatic carbocycles. The molecular formula is C12H27ClN2O3S. The largest absolute Gasteiger partial charge is 0.355 e. The average Bonchev–Trinajstić information content (AvgIpc) is 2.24. The molecule has 7 heteroatoms. The molecule has 0 aliphatic rings. The van der Waals surface area contributed by atoms with Crippen molar-refractivity contribution in [3.05, 3.63) is 0 Å². The fourth-order valence-electron chi connectivity index (χ4n) is 1.52. The second kappa shape index (κ2) is 11.5. The summed E-state index contributed by atoms with van der Waals surface area (Å²) in [6.45, 7) is 7.99. The quantitative estimate of drug-likeness (QED) is 0.590. The number of carbonyl (C=O) groups is 1. The second-order valence-electron chi connectivity index (χ2n) is 4.86. The van der Waals surface area contributed by atoms with Crippen LogP contribution >= 0.6 is 12.4 Å². The van der Waals surface area contributed by atoms with E-state index in [1.54, 1.807) is 0 Å². The van der Waals surface area contributed by atoms with Crippen molar-refractivity contribution >= 4 is 28.2 Å². The zero-order valence-electron chi connectivity index (χ0n) is 12.1. The first kappa shape index (κ1) is 21.0. The molecule has 116 valence electrons. The van der Waals surface area contributed by atoms with E-state index in [0.29, 0.717) is 6.54 Å². The SMILES string of the molecule is CCCNCCNC(=O)CCS(=O)(=O)CC(C)C.Cl. The van der Waals surface area contributed by atoms with Gasteiger partial charge in [-0.25, -0.2) is 8.42 Å². The lowest BCUT2D eigenvalue weighted by molar-refractivity contribution is -0.120. The Morgan fingerprint density at radius 3 is 2.32 bits per heavy atom. The van der Waals surface area contributed by atoms with Crippen LogP contribution in [-0.2, 0) is 14.6 Å². The fraction of sp³-hybridized carbons (Fsp3) is 0.917. The topological polar surface area (TPSA) is 75.3 Å². The molecule has 0 heterocycles. The van der Waals surface area contributed by atoms with Crippen LogP contribution in [0.4, 0.5) is 0 Å². The van der Waals surface area contributed by atoms with E-state index in [0.717, 1.165) is 19.5 Å². The number of carbonyl (C=O) groups excluding carboxylic acids is 1. The highest BCUT2D eigenvalue weighted by Crippen LogP contribution is 2.02. The van der Waals surface area contributed by atoms with Crippen molar-refractivity contribution < 1.29 is 13.2 Å². The molecule has 0 spiro atoms. The molecule has 0 rings (SSSR count). The van der Waals surface area contributed by atoms with Gasteiger partial charge in [-0.3, -0.25) is 4.79 Å². The highest BCUT2D eigenvalue weighted by atomic mass is 35.5. The van der Waals surface area contributed by atoms with E-state index in [1.165, 1.54) is 0 Å². The lowest BCUT2D eigenvalue weighted by Crippen LogP contribution is -2.33. The third-order valence-electron chi connectivity index (χ3n) is 2.28. The van der Waals surface area contributed by atoms with Gasteiger partial charge in [0.25, 0.3) is 0 Å². The Balaban J connectivity index is 0. The lowest BCUT2D eigenvalue weighted by Gasteiger charge is -2.08. The third-order valence-corrected chi connectivity index (χ3v) is 4.28.